The van der Waals surface area contributed by atoms with Crippen LogP contribution in [-0.4, -0.2) is 67.3 Å². The van der Waals surface area contributed by atoms with Crippen molar-refractivity contribution in [3.63, 3.8) is 0 Å². The molecule has 2 aromatic carbocycles. The van der Waals surface area contributed by atoms with Gasteiger partial charge in [-0.15, -0.1) is 0 Å². The van der Waals surface area contributed by atoms with Gasteiger partial charge in [-0.05, 0) is 55.2 Å². The Balaban J connectivity index is 1.67. The van der Waals surface area contributed by atoms with Crippen molar-refractivity contribution in [2.75, 3.05) is 27.2 Å². The highest BCUT2D eigenvalue weighted by atomic mass is 16.5. The predicted octanol–water partition coefficient (Wildman–Crippen LogP) is 3.46. The molecule has 0 spiro atoms. The lowest BCUT2D eigenvalue weighted by Crippen LogP contribution is -2.52. The molecular weight excluding hydrogens is 446 g/mol. The third kappa shape index (κ3) is 6.82. The number of benzene rings is 2. The summed E-state index contributed by atoms with van der Waals surface area (Å²) in [6.07, 6.45) is -0.500. The van der Waals surface area contributed by atoms with Crippen LogP contribution in [-0.2, 0) is 14.3 Å². The molecule has 0 aromatic heterocycles. The van der Waals surface area contributed by atoms with Gasteiger partial charge in [0.2, 0.25) is 5.91 Å². The Labute approximate surface area is 206 Å². The maximum Gasteiger partial charge on any atom is 0.407 e. The number of carbonyl (C=O) groups is 3. The van der Waals surface area contributed by atoms with Crippen LogP contribution in [0.5, 0.6) is 0 Å². The van der Waals surface area contributed by atoms with Crippen molar-refractivity contribution in [1.29, 1.82) is 0 Å². The molecule has 8 nitrogen and oxygen atoms in total. The fraction of sp³-hybridized carbons (Fsp3) is 0.444. The summed E-state index contributed by atoms with van der Waals surface area (Å²) in [4.78, 5) is 38.9. The largest absolute Gasteiger partial charge is 0.481 e. The standard InChI is InChI=1S/C27H35N3O5/c1-17(2)24(15-25(31)32)28-26(33)23(13-14-30(3)4)29-27(34)35-16-22-20-11-7-5-9-18(20)19-10-6-8-12-21(19)22/h5-12,17,22-24H,13-16H2,1-4H3,(H,28,33)(H,29,34)(H,31,32)/t23?,24-/m1/s1. The molecule has 1 aliphatic rings. The average Bonchev–Trinajstić information content (AvgIpc) is 3.13. The van der Waals surface area contributed by atoms with Gasteiger partial charge < -0.3 is 25.4 Å². The average molecular weight is 482 g/mol. The number of carboxylic acid groups (broad SMARTS) is 1. The molecule has 8 heteroatoms. The molecule has 2 atom stereocenters. The van der Waals surface area contributed by atoms with Gasteiger partial charge in [0.25, 0.3) is 0 Å². The zero-order valence-corrected chi connectivity index (χ0v) is 20.8. The summed E-state index contributed by atoms with van der Waals surface area (Å²) in [5.74, 6) is -1.55. The number of nitrogens with one attached hydrogen (secondary N) is 2. The van der Waals surface area contributed by atoms with Crippen molar-refractivity contribution >= 4 is 18.0 Å². The third-order valence-electron chi connectivity index (χ3n) is 6.34. The lowest BCUT2D eigenvalue weighted by molar-refractivity contribution is -0.138. The minimum absolute atomic E-state index is 0.0704. The van der Waals surface area contributed by atoms with Crippen molar-refractivity contribution < 1.29 is 24.2 Å². The topological polar surface area (TPSA) is 108 Å². The normalized spacial score (nSPS) is 14.2. The van der Waals surface area contributed by atoms with Crippen molar-refractivity contribution in [3.05, 3.63) is 59.7 Å². The fourth-order valence-corrected chi connectivity index (χ4v) is 4.36. The maximum absolute atomic E-state index is 13.0. The summed E-state index contributed by atoms with van der Waals surface area (Å²) in [6, 6.07) is 14.8. The zero-order valence-electron chi connectivity index (χ0n) is 20.8. The first kappa shape index (κ1) is 26.2. The molecule has 188 valence electrons. The quantitative estimate of drug-likeness (QED) is 0.454. The zero-order chi connectivity index (χ0) is 25.5. The van der Waals surface area contributed by atoms with Crippen LogP contribution in [0.4, 0.5) is 4.79 Å². The Morgan fingerprint density at radius 3 is 2.06 bits per heavy atom. The number of carboxylic acids is 1. The molecule has 2 amide bonds. The second kappa shape index (κ2) is 11.8. The minimum Gasteiger partial charge on any atom is -0.481 e. The molecule has 0 saturated carbocycles. The number of fused-ring (bicyclic) bond motifs is 3. The Morgan fingerprint density at radius 1 is 0.971 bits per heavy atom. The van der Waals surface area contributed by atoms with E-state index in [4.69, 9.17) is 4.74 Å². The molecule has 0 fully saturated rings. The van der Waals surface area contributed by atoms with Crippen molar-refractivity contribution in [3.8, 4) is 11.1 Å². The van der Waals surface area contributed by atoms with Gasteiger partial charge in [0.15, 0.2) is 0 Å². The molecule has 3 rings (SSSR count). The highest BCUT2D eigenvalue weighted by Crippen LogP contribution is 2.44. The van der Waals surface area contributed by atoms with Crippen molar-refractivity contribution in [1.82, 2.24) is 15.5 Å². The van der Waals surface area contributed by atoms with Crippen molar-refractivity contribution in [2.24, 2.45) is 5.92 Å². The lowest BCUT2D eigenvalue weighted by atomic mass is 9.98. The third-order valence-corrected chi connectivity index (χ3v) is 6.34. The first-order valence-corrected chi connectivity index (χ1v) is 12.0. The monoisotopic (exact) mass is 481 g/mol. The molecule has 0 aliphatic heterocycles. The SMILES string of the molecule is CC(C)[C@@H](CC(=O)O)NC(=O)C(CCN(C)C)NC(=O)OCC1c2ccccc2-c2ccccc21. The Bertz CT molecular complexity index is 1010. The van der Waals surface area contributed by atoms with Crippen LogP contribution in [0.1, 0.15) is 43.7 Å². The molecule has 2 aromatic rings. The van der Waals surface area contributed by atoms with Crippen molar-refractivity contribution in [2.45, 2.75) is 44.7 Å². The van der Waals surface area contributed by atoms with Gasteiger partial charge in [-0.3, -0.25) is 9.59 Å². The number of ether oxygens (including phenoxy) is 1. The summed E-state index contributed by atoms with van der Waals surface area (Å²) < 4.78 is 5.61. The first-order chi connectivity index (χ1) is 16.7. The number of rotatable bonds is 11. The fourth-order valence-electron chi connectivity index (χ4n) is 4.36. The molecule has 1 unspecified atom stereocenters. The Hall–Kier alpha value is -3.39. The van der Waals surface area contributed by atoms with Gasteiger partial charge in [0, 0.05) is 12.0 Å². The highest BCUT2D eigenvalue weighted by Gasteiger charge is 2.30. The Morgan fingerprint density at radius 2 is 1.54 bits per heavy atom. The summed E-state index contributed by atoms with van der Waals surface area (Å²) in [5, 5.41) is 14.7. The van der Waals surface area contributed by atoms with Gasteiger partial charge in [0.1, 0.15) is 12.6 Å². The second-order valence-corrected chi connectivity index (χ2v) is 9.57. The summed E-state index contributed by atoms with van der Waals surface area (Å²) in [6.45, 7) is 4.41. The van der Waals surface area contributed by atoms with E-state index >= 15 is 0 Å². The number of hydrogen-bond acceptors (Lipinski definition) is 5. The maximum atomic E-state index is 13.0. The second-order valence-electron chi connectivity index (χ2n) is 9.57. The minimum atomic E-state index is -0.988. The number of hydrogen-bond donors (Lipinski definition) is 3. The molecule has 3 N–H and O–H groups in total. The molecule has 1 aliphatic carbocycles. The summed E-state index contributed by atoms with van der Waals surface area (Å²) in [7, 11) is 3.76. The predicted molar refractivity (Wildman–Crippen MR) is 134 cm³/mol. The van der Waals surface area contributed by atoms with Crippen LogP contribution in [0.15, 0.2) is 48.5 Å². The molecular formula is C27H35N3O5. The van der Waals surface area contributed by atoms with E-state index in [0.29, 0.717) is 13.0 Å². The van der Waals surface area contributed by atoms with E-state index < -0.39 is 30.1 Å². The molecule has 0 heterocycles. The lowest BCUT2D eigenvalue weighted by Gasteiger charge is -2.25. The number of nitrogens with zero attached hydrogens (tertiary/aromatic N) is 1. The number of amides is 2. The van der Waals surface area contributed by atoms with E-state index in [0.717, 1.165) is 22.3 Å². The van der Waals surface area contributed by atoms with Crippen LogP contribution in [0.3, 0.4) is 0 Å². The number of alkyl carbamates (subject to hydrolysis) is 1. The van der Waals surface area contributed by atoms with E-state index in [9.17, 15) is 19.5 Å². The molecule has 0 saturated heterocycles. The number of carbonyl (C=O) groups excluding carboxylic acids is 2. The van der Waals surface area contributed by atoms with E-state index in [-0.39, 0.29) is 24.9 Å². The van der Waals surface area contributed by atoms with Gasteiger partial charge in [-0.1, -0.05) is 62.4 Å². The molecule has 0 radical (unpaired) electrons. The number of aliphatic carboxylic acids is 1. The van der Waals surface area contributed by atoms with Crippen LogP contribution in [0.25, 0.3) is 11.1 Å². The molecule has 0 bridgehead atoms. The van der Waals surface area contributed by atoms with Gasteiger partial charge in [0.05, 0.1) is 6.42 Å². The molecule has 35 heavy (non-hydrogen) atoms. The van der Waals surface area contributed by atoms with Gasteiger partial charge in [-0.25, -0.2) is 4.79 Å². The van der Waals surface area contributed by atoms with Gasteiger partial charge >= 0.3 is 12.1 Å². The van der Waals surface area contributed by atoms with Crippen LogP contribution in [0, 0.1) is 5.92 Å². The Kier molecular flexibility index (Phi) is 8.87. The van der Waals surface area contributed by atoms with E-state index in [2.05, 4.69) is 22.8 Å². The van der Waals surface area contributed by atoms with E-state index in [1.165, 1.54) is 0 Å². The van der Waals surface area contributed by atoms with Crippen LogP contribution in [0.2, 0.25) is 0 Å². The van der Waals surface area contributed by atoms with Gasteiger partial charge in [-0.2, -0.15) is 0 Å². The summed E-state index contributed by atoms with van der Waals surface area (Å²) >= 11 is 0. The van der Waals surface area contributed by atoms with Crippen LogP contribution >= 0.6 is 0 Å². The first-order valence-electron chi connectivity index (χ1n) is 12.0. The van der Waals surface area contributed by atoms with Crippen LogP contribution < -0.4 is 10.6 Å². The summed E-state index contributed by atoms with van der Waals surface area (Å²) in [5.41, 5.74) is 4.49. The highest BCUT2D eigenvalue weighted by molar-refractivity contribution is 5.86. The van der Waals surface area contributed by atoms with E-state index in [1.807, 2.05) is 69.2 Å². The van der Waals surface area contributed by atoms with E-state index in [1.54, 1.807) is 0 Å². The smallest absolute Gasteiger partial charge is 0.407 e.